The van der Waals surface area contributed by atoms with Crippen LogP contribution in [-0.2, 0) is 13.0 Å². The average Bonchev–Trinajstić information content (AvgIpc) is 2.52. The van der Waals surface area contributed by atoms with Crippen LogP contribution in [0.4, 0.5) is 0 Å². The van der Waals surface area contributed by atoms with Crippen molar-refractivity contribution in [2.75, 3.05) is 20.7 Å². The van der Waals surface area contributed by atoms with Gasteiger partial charge in [0.1, 0.15) is 6.61 Å². The maximum absolute atomic E-state index is 5.85. The van der Waals surface area contributed by atoms with Gasteiger partial charge >= 0.3 is 0 Å². The number of likely N-dealkylation sites (N-methyl/N-ethyl adjacent to an activating group) is 1. The molecule has 0 aliphatic heterocycles. The number of rotatable bonds is 7. The molecule has 0 bridgehead atoms. The molecule has 0 unspecified atom stereocenters. The van der Waals surface area contributed by atoms with Crippen LogP contribution in [0.25, 0.3) is 0 Å². The third kappa shape index (κ3) is 4.50. The van der Waals surface area contributed by atoms with Crippen molar-refractivity contribution >= 4 is 0 Å². The minimum absolute atomic E-state index is 0.547. The Balaban J connectivity index is 1.96. The number of hydrogen-bond donors (Lipinski definition) is 1. The third-order valence-corrected chi connectivity index (χ3v) is 3.40. The molecule has 0 aliphatic carbocycles. The van der Waals surface area contributed by atoms with Crippen LogP contribution in [0.15, 0.2) is 42.5 Å². The van der Waals surface area contributed by atoms with Gasteiger partial charge in [0.25, 0.3) is 0 Å². The molecule has 0 aromatic heterocycles. The maximum Gasteiger partial charge on any atom is 0.161 e. The lowest BCUT2D eigenvalue weighted by atomic mass is 10.1. The van der Waals surface area contributed by atoms with E-state index in [1.807, 2.05) is 32.2 Å². The van der Waals surface area contributed by atoms with Crippen molar-refractivity contribution in [1.82, 2.24) is 5.32 Å². The summed E-state index contributed by atoms with van der Waals surface area (Å²) in [6, 6.07) is 14.5. The zero-order chi connectivity index (χ0) is 15.1. The van der Waals surface area contributed by atoms with Gasteiger partial charge in [0, 0.05) is 0 Å². The second-order valence-electron chi connectivity index (χ2n) is 5.11. The summed E-state index contributed by atoms with van der Waals surface area (Å²) < 4.78 is 11.2. The second kappa shape index (κ2) is 7.70. The molecule has 112 valence electrons. The van der Waals surface area contributed by atoms with Gasteiger partial charge in [-0.25, -0.2) is 0 Å². The van der Waals surface area contributed by atoms with Crippen LogP contribution in [-0.4, -0.2) is 20.7 Å². The second-order valence-corrected chi connectivity index (χ2v) is 5.11. The van der Waals surface area contributed by atoms with Gasteiger partial charge in [0.2, 0.25) is 0 Å². The van der Waals surface area contributed by atoms with Gasteiger partial charge in [0.15, 0.2) is 11.5 Å². The van der Waals surface area contributed by atoms with Crippen LogP contribution in [0.1, 0.15) is 16.7 Å². The van der Waals surface area contributed by atoms with Crippen LogP contribution in [0, 0.1) is 6.92 Å². The van der Waals surface area contributed by atoms with Gasteiger partial charge < -0.3 is 14.8 Å². The van der Waals surface area contributed by atoms with E-state index in [0.29, 0.717) is 6.61 Å². The zero-order valence-electron chi connectivity index (χ0n) is 13.0. The number of methoxy groups -OCH3 is 1. The Morgan fingerprint density at radius 3 is 2.33 bits per heavy atom. The molecule has 0 radical (unpaired) electrons. The highest BCUT2D eigenvalue weighted by Gasteiger charge is 2.04. The molecule has 0 atom stereocenters. The molecule has 0 amide bonds. The van der Waals surface area contributed by atoms with E-state index >= 15 is 0 Å². The van der Waals surface area contributed by atoms with E-state index in [4.69, 9.17) is 9.47 Å². The van der Waals surface area contributed by atoms with E-state index in [0.717, 1.165) is 35.6 Å². The standard InChI is InChI=1S/C18H23NO2/c1-14-4-9-17(18(12-14)20-3)21-13-16-7-5-15(6-8-16)10-11-19-2/h4-9,12,19H,10-11,13H2,1-3H3. The normalized spacial score (nSPS) is 10.4. The van der Waals surface area contributed by atoms with Crippen molar-refractivity contribution in [3.63, 3.8) is 0 Å². The number of aryl methyl sites for hydroxylation is 1. The fourth-order valence-corrected chi connectivity index (χ4v) is 2.13. The van der Waals surface area contributed by atoms with E-state index in [1.54, 1.807) is 7.11 Å². The number of benzene rings is 2. The van der Waals surface area contributed by atoms with Crippen molar-refractivity contribution < 1.29 is 9.47 Å². The first-order valence-electron chi connectivity index (χ1n) is 7.23. The van der Waals surface area contributed by atoms with Crippen molar-refractivity contribution in [1.29, 1.82) is 0 Å². The van der Waals surface area contributed by atoms with E-state index in [1.165, 1.54) is 5.56 Å². The fourth-order valence-electron chi connectivity index (χ4n) is 2.13. The van der Waals surface area contributed by atoms with Gasteiger partial charge in [-0.1, -0.05) is 30.3 Å². The quantitative estimate of drug-likeness (QED) is 0.846. The van der Waals surface area contributed by atoms with Gasteiger partial charge in [0.05, 0.1) is 7.11 Å². The Labute approximate surface area is 126 Å². The molecule has 0 saturated heterocycles. The van der Waals surface area contributed by atoms with Crippen molar-refractivity contribution in [3.05, 3.63) is 59.2 Å². The van der Waals surface area contributed by atoms with Gasteiger partial charge in [-0.05, 0) is 55.8 Å². The molecule has 3 nitrogen and oxygen atoms in total. The summed E-state index contributed by atoms with van der Waals surface area (Å²) in [5.74, 6) is 1.56. The highest BCUT2D eigenvalue weighted by Crippen LogP contribution is 2.28. The SMILES string of the molecule is CNCCc1ccc(COc2ccc(C)cc2OC)cc1. The third-order valence-electron chi connectivity index (χ3n) is 3.40. The first-order valence-corrected chi connectivity index (χ1v) is 7.23. The summed E-state index contributed by atoms with van der Waals surface area (Å²) in [5, 5.41) is 3.16. The molecule has 2 rings (SSSR count). The molecule has 0 aliphatic rings. The van der Waals surface area contributed by atoms with Gasteiger partial charge in [-0.15, -0.1) is 0 Å². The first kappa shape index (κ1) is 15.4. The zero-order valence-corrected chi connectivity index (χ0v) is 13.0. The number of nitrogens with one attached hydrogen (secondary N) is 1. The molecule has 1 N–H and O–H groups in total. The van der Waals surface area contributed by atoms with E-state index < -0.39 is 0 Å². The molecule has 21 heavy (non-hydrogen) atoms. The summed E-state index contributed by atoms with van der Waals surface area (Å²) in [7, 11) is 3.63. The number of hydrogen-bond acceptors (Lipinski definition) is 3. The highest BCUT2D eigenvalue weighted by atomic mass is 16.5. The Kier molecular flexibility index (Phi) is 5.64. The Morgan fingerprint density at radius 1 is 0.952 bits per heavy atom. The van der Waals surface area contributed by atoms with Gasteiger partial charge in [-0.3, -0.25) is 0 Å². The lowest BCUT2D eigenvalue weighted by molar-refractivity contribution is 0.284. The van der Waals surface area contributed by atoms with Crippen LogP contribution >= 0.6 is 0 Å². The Hall–Kier alpha value is -2.00. The Morgan fingerprint density at radius 2 is 1.67 bits per heavy atom. The predicted molar refractivity (Wildman–Crippen MR) is 86.1 cm³/mol. The summed E-state index contributed by atoms with van der Waals surface area (Å²) in [4.78, 5) is 0. The van der Waals surface area contributed by atoms with Gasteiger partial charge in [-0.2, -0.15) is 0 Å². The number of ether oxygens (including phenoxy) is 2. The van der Waals surface area contributed by atoms with Crippen molar-refractivity contribution in [3.8, 4) is 11.5 Å². The lowest BCUT2D eigenvalue weighted by Gasteiger charge is -2.11. The predicted octanol–water partition coefficient (Wildman–Crippen LogP) is 3.34. The molecule has 0 fully saturated rings. The minimum Gasteiger partial charge on any atom is -0.493 e. The molecule has 2 aromatic carbocycles. The molecule has 2 aromatic rings. The molecular weight excluding hydrogens is 262 g/mol. The van der Waals surface area contributed by atoms with Crippen LogP contribution in [0.5, 0.6) is 11.5 Å². The Bertz CT molecular complexity index is 564. The summed E-state index contributed by atoms with van der Waals surface area (Å²) in [5.41, 5.74) is 3.65. The minimum atomic E-state index is 0.547. The molecule has 0 heterocycles. The van der Waals surface area contributed by atoms with Crippen molar-refractivity contribution in [2.45, 2.75) is 20.0 Å². The topological polar surface area (TPSA) is 30.5 Å². The monoisotopic (exact) mass is 285 g/mol. The first-order chi connectivity index (χ1) is 10.2. The summed E-state index contributed by atoms with van der Waals surface area (Å²) in [6.07, 6.45) is 1.05. The molecule has 0 saturated carbocycles. The van der Waals surface area contributed by atoms with E-state index in [-0.39, 0.29) is 0 Å². The highest BCUT2D eigenvalue weighted by molar-refractivity contribution is 5.42. The lowest BCUT2D eigenvalue weighted by Crippen LogP contribution is -2.10. The molecular formula is C18H23NO2. The summed E-state index contributed by atoms with van der Waals surface area (Å²) >= 11 is 0. The van der Waals surface area contributed by atoms with Crippen LogP contribution < -0.4 is 14.8 Å². The van der Waals surface area contributed by atoms with Crippen molar-refractivity contribution in [2.24, 2.45) is 0 Å². The summed E-state index contributed by atoms with van der Waals surface area (Å²) in [6.45, 7) is 3.58. The molecule has 0 spiro atoms. The largest absolute Gasteiger partial charge is 0.493 e. The van der Waals surface area contributed by atoms with E-state index in [2.05, 4.69) is 29.6 Å². The average molecular weight is 285 g/mol. The maximum atomic E-state index is 5.85. The van der Waals surface area contributed by atoms with E-state index in [9.17, 15) is 0 Å². The smallest absolute Gasteiger partial charge is 0.161 e. The van der Waals surface area contributed by atoms with Crippen LogP contribution in [0.2, 0.25) is 0 Å². The molecule has 3 heteroatoms. The van der Waals surface area contributed by atoms with Crippen LogP contribution in [0.3, 0.4) is 0 Å². The fraction of sp³-hybridized carbons (Fsp3) is 0.333.